The molecule has 0 spiro atoms. The van der Waals surface area contributed by atoms with Crippen molar-refractivity contribution < 1.29 is 0 Å². The molecule has 1 aliphatic carbocycles. The fourth-order valence-electron chi connectivity index (χ4n) is 2.82. The summed E-state index contributed by atoms with van der Waals surface area (Å²) in [6.07, 6.45) is 6.03. The quantitative estimate of drug-likeness (QED) is 0.867. The van der Waals surface area contributed by atoms with Crippen LogP contribution in [0.25, 0.3) is 0 Å². The van der Waals surface area contributed by atoms with Gasteiger partial charge in [0.15, 0.2) is 0 Å². The van der Waals surface area contributed by atoms with Crippen LogP contribution in [-0.2, 0) is 13.6 Å². The van der Waals surface area contributed by atoms with Gasteiger partial charge in [-0.2, -0.15) is 11.8 Å². The van der Waals surface area contributed by atoms with Gasteiger partial charge in [-0.15, -0.1) is 0 Å². The van der Waals surface area contributed by atoms with Crippen molar-refractivity contribution in [1.82, 2.24) is 14.9 Å². The number of hydrogen-bond donors (Lipinski definition) is 1. The Balaban J connectivity index is 1.91. The molecule has 0 aromatic carbocycles. The number of hydrogen-bond acceptors (Lipinski definition) is 4. The molecule has 1 N–H and O–H groups in total. The van der Waals surface area contributed by atoms with Gasteiger partial charge in [0.1, 0.15) is 0 Å². The first kappa shape index (κ1) is 14.7. The van der Waals surface area contributed by atoms with Crippen LogP contribution in [0.4, 0.5) is 5.95 Å². The SMILES string of the molecule is CCSC1CCCC1NCc1cnc(N(C)C)n1C. The Bertz CT molecular complexity index is 402. The van der Waals surface area contributed by atoms with Gasteiger partial charge in [0.2, 0.25) is 5.95 Å². The van der Waals surface area contributed by atoms with Gasteiger partial charge in [0.25, 0.3) is 0 Å². The van der Waals surface area contributed by atoms with E-state index in [1.54, 1.807) is 0 Å². The van der Waals surface area contributed by atoms with Crippen LogP contribution in [0.5, 0.6) is 0 Å². The van der Waals surface area contributed by atoms with Gasteiger partial charge in [-0.25, -0.2) is 4.98 Å². The van der Waals surface area contributed by atoms with Crippen LogP contribution in [0.1, 0.15) is 31.9 Å². The van der Waals surface area contributed by atoms with Gasteiger partial charge in [0.05, 0.1) is 11.9 Å². The normalized spacial score (nSPS) is 22.9. The molecule has 1 aromatic heterocycles. The molecule has 1 fully saturated rings. The second-order valence-electron chi connectivity index (χ2n) is 5.42. The molecule has 1 aromatic rings. The predicted octanol–water partition coefficient (Wildman–Crippen LogP) is 2.25. The maximum Gasteiger partial charge on any atom is 0.204 e. The van der Waals surface area contributed by atoms with E-state index in [-0.39, 0.29) is 0 Å². The van der Waals surface area contributed by atoms with Crippen molar-refractivity contribution >= 4 is 17.7 Å². The van der Waals surface area contributed by atoms with Crippen molar-refractivity contribution in [3.8, 4) is 0 Å². The Morgan fingerprint density at radius 1 is 1.47 bits per heavy atom. The summed E-state index contributed by atoms with van der Waals surface area (Å²) in [5.41, 5.74) is 1.26. The Labute approximate surface area is 121 Å². The summed E-state index contributed by atoms with van der Waals surface area (Å²) in [7, 11) is 6.15. The van der Waals surface area contributed by atoms with Gasteiger partial charge in [-0.05, 0) is 18.6 Å². The topological polar surface area (TPSA) is 33.1 Å². The van der Waals surface area contributed by atoms with E-state index in [0.717, 1.165) is 17.7 Å². The molecular weight excluding hydrogens is 256 g/mol. The summed E-state index contributed by atoms with van der Waals surface area (Å²) in [6, 6.07) is 0.669. The van der Waals surface area contributed by atoms with E-state index in [0.29, 0.717) is 6.04 Å². The Hall–Kier alpha value is -0.680. The zero-order chi connectivity index (χ0) is 13.8. The first-order valence-corrected chi connectivity index (χ1v) is 8.21. The van der Waals surface area contributed by atoms with E-state index in [4.69, 9.17) is 0 Å². The van der Waals surface area contributed by atoms with Crippen LogP contribution in [0.15, 0.2) is 6.20 Å². The molecule has 4 nitrogen and oxygen atoms in total. The lowest BCUT2D eigenvalue weighted by Gasteiger charge is -2.20. The summed E-state index contributed by atoms with van der Waals surface area (Å²) < 4.78 is 2.17. The molecule has 5 heteroatoms. The molecule has 0 amide bonds. The summed E-state index contributed by atoms with van der Waals surface area (Å²) in [6.45, 7) is 3.17. The zero-order valence-electron chi connectivity index (χ0n) is 12.5. The van der Waals surface area contributed by atoms with Crippen LogP contribution in [-0.4, -0.2) is 40.7 Å². The fraction of sp³-hybridized carbons (Fsp3) is 0.786. The average molecular weight is 282 g/mol. The Kier molecular flexibility index (Phi) is 5.16. The maximum absolute atomic E-state index is 4.46. The average Bonchev–Trinajstić information content (AvgIpc) is 2.94. The highest BCUT2D eigenvalue weighted by atomic mass is 32.2. The summed E-state index contributed by atoms with van der Waals surface area (Å²) in [5.74, 6) is 2.24. The fourth-order valence-corrected chi connectivity index (χ4v) is 4.05. The molecule has 1 heterocycles. The molecule has 1 aliphatic rings. The lowest BCUT2D eigenvalue weighted by atomic mass is 10.2. The van der Waals surface area contributed by atoms with Gasteiger partial charge >= 0.3 is 0 Å². The molecule has 0 saturated heterocycles. The molecule has 0 bridgehead atoms. The number of thioether (sulfide) groups is 1. The second kappa shape index (κ2) is 6.66. The standard InChI is InChI=1S/C14H26N4S/c1-5-19-13-8-6-7-12(13)15-9-11-10-16-14(17(2)3)18(11)4/h10,12-13,15H,5-9H2,1-4H3. The Morgan fingerprint density at radius 2 is 2.26 bits per heavy atom. The minimum atomic E-state index is 0.669. The smallest absolute Gasteiger partial charge is 0.204 e. The monoisotopic (exact) mass is 282 g/mol. The van der Waals surface area contributed by atoms with Gasteiger partial charge in [-0.3, -0.25) is 0 Å². The molecular formula is C14H26N4S. The van der Waals surface area contributed by atoms with Crippen LogP contribution in [0.3, 0.4) is 0 Å². The van der Waals surface area contributed by atoms with Crippen LogP contribution >= 0.6 is 11.8 Å². The predicted molar refractivity (Wildman–Crippen MR) is 83.9 cm³/mol. The molecule has 1 saturated carbocycles. The van der Waals surface area contributed by atoms with E-state index < -0.39 is 0 Å². The third kappa shape index (κ3) is 3.45. The van der Waals surface area contributed by atoms with E-state index >= 15 is 0 Å². The summed E-state index contributed by atoms with van der Waals surface area (Å²) in [5, 5.41) is 4.52. The van der Waals surface area contributed by atoms with E-state index in [9.17, 15) is 0 Å². The minimum absolute atomic E-state index is 0.669. The van der Waals surface area contributed by atoms with Crippen molar-refractivity contribution in [2.24, 2.45) is 7.05 Å². The van der Waals surface area contributed by atoms with Crippen molar-refractivity contribution in [3.05, 3.63) is 11.9 Å². The number of nitrogens with one attached hydrogen (secondary N) is 1. The molecule has 19 heavy (non-hydrogen) atoms. The molecule has 2 rings (SSSR count). The maximum atomic E-state index is 4.46. The lowest BCUT2D eigenvalue weighted by Crippen LogP contribution is -2.34. The third-order valence-electron chi connectivity index (χ3n) is 3.84. The van der Waals surface area contributed by atoms with Crippen molar-refractivity contribution in [2.75, 3.05) is 24.7 Å². The number of anilines is 1. The zero-order valence-corrected chi connectivity index (χ0v) is 13.3. The number of imidazole rings is 1. The van der Waals surface area contributed by atoms with E-state index in [1.165, 1.54) is 30.7 Å². The molecule has 2 unspecified atom stereocenters. The highest BCUT2D eigenvalue weighted by Crippen LogP contribution is 2.30. The summed E-state index contributed by atoms with van der Waals surface area (Å²) >= 11 is 2.10. The second-order valence-corrected chi connectivity index (χ2v) is 6.93. The number of nitrogens with zero attached hydrogens (tertiary/aromatic N) is 3. The van der Waals surface area contributed by atoms with Gasteiger partial charge in [0, 0.05) is 39.0 Å². The largest absolute Gasteiger partial charge is 0.348 e. The van der Waals surface area contributed by atoms with Gasteiger partial charge in [-0.1, -0.05) is 13.3 Å². The summed E-state index contributed by atoms with van der Waals surface area (Å²) in [4.78, 5) is 6.51. The van der Waals surface area contributed by atoms with Crippen molar-refractivity contribution in [2.45, 2.75) is 44.0 Å². The first-order valence-electron chi connectivity index (χ1n) is 7.16. The highest BCUT2D eigenvalue weighted by Gasteiger charge is 2.26. The highest BCUT2D eigenvalue weighted by molar-refractivity contribution is 7.99. The number of aromatic nitrogens is 2. The van der Waals surface area contributed by atoms with E-state index in [1.807, 2.05) is 20.3 Å². The Morgan fingerprint density at radius 3 is 2.89 bits per heavy atom. The van der Waals surface area contributed by atoms with E-state index in [2.05, 4.69) is 45.5 Å². The van der Waals surface area contributed by atoms with Crippen LogP contribution < -0.4 is 10.2 Å². The third-order valence-corrected chi connectivity index (χ3v) is 5.16. The number of rotatable bonds is 6. The molecule has 0 aliphatic heterocycles. The molecule has 0 radical (unpaired) electrons. The minimum Gasteiger partial charge on any atom is -0.348 e. The first-order chi connectivity index (χ1) is 9.13. The van der Waals surface area contributed by atoms with Crippen molar-refractivity contribution in [3.63, 3.8) is 0 Å². The molecule has 108 valence electrons. The van der Waals surface area contributed by atoms with Crippen molar-refractivity contribution in [1.29, 1.82) is 0 Å². The lowest BCUT2D eigenvalue weighted by molar-refractivity contribution is 0.520. The van der Waals surface area contributed by atoms with Crippen LogP contribution in [0.2, 0.25) is 0 Å². The molecule has 2 atom stereocenters. The van der Waals surface area contributed by atoms with Gasteiger partial charge < -0.3 is 14.8 Å². The van der Waals surface area contributed by atoms with Crippen LogP contribution in [0, 0.1) is 0 Å².